The lowest BCUT2D eigenvalue weighted by atomic mass is 9.99. The topological polar surface area (TPSA) is 32.3 Å². The van der Waals surface area contributed by atoms with Gasteiger partial charge in [0.1, 0.15) is 6.17 Å². The van der Waals surface area contributed by atoms with Crippen molar-refractivity contribution < 1.29 is 4.79 Å². The van der Waals surface area contributed by atoms with Crippen molar-refractivity contribution in [3.05, 3.63) is 35.4 Å². The normalized spacial score (nSPS) is 27.9. The van der Waals surface area contributed by atoms with Crippen molar-refractivity contribution in [2.75, 3.05) is 0 Å². The van der Waals surface area contributed by atoms with Gasteiger partial charge in [-0.05, 0) is 31.2 Å². The van der Waals surface area contributed by atoms with Crippen LogP contribution >= 0.6 is 0 Å². The third-order valence-corrected chi connectivity index (χ3v) is 4.65. The van der Waals surface area contributed by atoms with Gasteiger partial charge in [-0.15, -0.1) is 0 Å². The summed E-state index contributed by atoms with van der Waals surface area (Å²) in [5, 5.41) is 3.58. The van der Waals surface area contributed by atoms with Gasteiger partial charge in [-0.2, -0.15) is 0 Å². The van der Waals surface area contributed by atoms with Crippen molar-refractivity contribution in [3.8, 4) is 0 Å². The Morgan fingerprint density at radius 3 is 2.75 bits per heavy atom. The zero-order chi connectivity index (χ0) is 14.3. The van der Waals surface area contributed by atoms with Crippen LogP contribution in [-0.2, 0) is 4.79 Å². The van der Waals surface area contributed by atoms with Crippen molar-refractivity contribution in [1.82, 2.24) is 10.2 Å². The highest BCUT2D eigenvalue weighted by Gasteiger charge is 2.47. The SMILES string of the molecule is CCC(C)C1NC(c2cccc(C)c2)N(C2CC2)C1=O. The van der Waals surface area contributed by atoms with E-state index in [4.69, 9.17) is 0 Å². The number of rotatable bonds is 4. The third-order valence-electron chi connectivity index (χ3n) is 4.65. The Morgan fingerprint density at radius 1 is 1.40 bits per heavy atom. The Morgan fingerprint density at radius 2 is 2.15 bits per heavy atom. The van der Waals surface area contributed by atoms with Gasteiger partial charge in [0.2, 0.25) is 5.91 Å². The van der Waals surface area contributed by atoms with Crippen LogP contribution in [0.2, 0.25) is 0 Å². The first-order valence-corrected chi connectivity index (χ1v) is 7.76. The van der Waals surface area contributed by atoms with Crippen LogP contribution in [0.4, 0.5) is 0 Å². The Labute approximate surface area is 121 Å². The molecular weight excluding hydrogens is 248 g/mol. The molecule has 1 saturated heterocycles. The van der Waals surface area contributed by atoms with Crippen molar-refractivity contribution in [3.63, 3.8) is 0 Å². The maximum atomic E-state index is 12.7. The fraction of sp³-hybridized carbons (Fsp3) is 0.588. The lowest BCUT2D eigenvalue weighted by Crippen LogP contribution is -2.36. The van der Waals surface area contributed by atoms with Crippen LogP contribution in [-0.4, -0.2) is 22.9 Å². The average Bonchev–Trinajstić information content (AvgIpc) is 3.21. The van der Waals surface area contributed by atoms with E-state index in [1.807, 2.05) is 0 Å². The van der Waals surface area contributed by atoms with Gasteiger partial charge < -0.3 is 4.90 Å². The molecule has 1 heterocycles. The summed E-state index contributed by atoms with van der Waals surface area (Å²) >= 11 is 0. The molecule has 3 heteroatoms. The Bertz CT molecular complexity index is 509. The summed E-state index contributed by atoms with van der Waals surface area (Å²) in [7, 11) is 0. The standard InChI is InChI=1S/C17H24N2O/c1-4-12(3)15-17(20)19(14-8-9-14)16(18-15)13-7-5-6-11(2)10-13/h5-7,10,12,14-16,18H,4,8-9H2,1-3H3. The highest BCUT2D eigenvalue weighted by molar-refractivity contribution is 5.85. The largest absolute Gasteiger partial charge is 0.319 e. The summed E-state index contributed by atoms with van der Waals surface area (Å²) in [6.07, 6.45) is 3.41. The molecule has 3 unspecified atom stereocenters. The summed E-state index contributed by atoms with van der Waals surface area (Å²) in [4.78, 5) is 14.8. The fourth-order valence-corrected chi connectivity index (χ4v) is 3.09. The summed E-state index contributed by atoms with van der Waals surface area (Å²) < 4.78 is 0. The van der Waals surface area contributed by atoms with E-state index in [2.05, 4.69) is 55.3 Å². The molecule has 1 aromatic rings. The van der Waals surface area contributed by atoms with Gasteiger partial charge >= 0.3 is 0 Å². The average molecular weight is 272 g/mol. The zero-order valence-corrected chi connectivity index (χ0v) is 12.6. The van der Waals surface area contributed by atoms with Crippen LogP contribution in [0, 0.1) is 12.8 Å². The smallest absolute Gasteiger partial charge is 0.241 e. The van der Waals surface area contributed by atoms with Gasteiger partial charge in [0, 0.05) is 6.04 Å². The van der Waals surface area contributed by atoms with Crippen molar-refractivity contribution in [1.29, 1.82) is 0 Å². The molecule has 0 bridgehead atoms. The lowest BCUT2D eigenvalue weighted by Gasteiger charge is -2.24. The van der Waals surface area contributed by atoms with Crippen LogP contribution in [0.1, 0.15) is 50.4 Å². The first-order chi connectivity index (χ1) is 9.61. The van der Waals surface area contributed by atoms with Crippen LogP contribution < -0.4 is 5.32 Å². The minimum absolute atomic E-state index is 0.0221. The predicted molar refractivity (Wildman–Crippen MR) is 80.2 cm³/mol. The minimum atomic E-state index is -0.0221. The molecule has 1 aliphatic carbocycles. The summed E-state index contributed by atoms with van der Waals surface area (Å²) in [5.74, 6) is 0.687. The number of hydrogen-bond donors (Lipinski definition) is 1. The lowest BCUT2D eigenvalue weighted by molar-refractivity contribution is -0.131. The van der Waals surface area contributed by atoms with Gasteiger partial charge in [0.25, 0.3) is 0 Å². The van der Waals surface area contributed by atoms with Gasteiger partial charge in [0.05, 0.1) is 6.04 Å². The predicted octanol–water partition coefficient (Wildman–Crippen LogP) is 3.00. The molecule has 1 amide bonds. The number of carbonyl (C=O) groups is 1. The molecule has 2 aliphatic rings. The Kier molecular flexibility index (Phi) is 3.55. The molecule has 0 radical (unpaired) electrons. The maximum Gasteiger partial charge on any atom is 0.241 e. The molecule has 1 N–H and O–H groups in total. The van der Waals surface area contributed by atoms with Crippen LogP contribution in [0.3, 0.4) is 0 Å². The van der Waals surface area contributed by atoms with E-state index in [1.54, 1.807) is 0 Å². The van der Waals surface area contributed by atoms with Crippen molar-refractivity contribution in [2.45, 2.75) is 58.3 Å². The van der Waals surface area contributed by atoms with E-state index in [0.29, 0.717) is 17.9 Å². The number of carbonyl (C=O) groups excluding carboxylic acids is 1. The van der Waals surface area contributed by atoms with Crippen LogP contribution in [0.25, 0.3) is 0 Å². The molecule has 2 fully saturated rings. The van der Waals surface area contributed by atoms with Crippen molar-refractivity contribution in [2.24, 2.45) is 5.92 Å². The zero-order valence-electron chi connectivity index (χ0n) is 12.6. The second-order valence-corrected chi connectivity index (χ2v) is 6.32. The van der Waals surface area contributed by atoms with Crippen LogP contribution in [0.5, 0.6) is 0 Å². The van der Waals surface area contributed by atoms with Gasteiger partial charge in [-0.25, -0.2) is 0 Å². The number of nitrogens with one attached hydrogen (secondary N) is 1. The fourth-order valence-electron chi connectivity index (χ4n) is 3.09. The summed E-state index contributed by atoms with van der Waals surface area (Å²) in [5.41, 5.74) is 2.47. The number of hydrogen-bond acceptors (Lipinski definition) is 2. The molecule has 1 saturated carbocycles. The van der Waals surface area contributed by atoms with Gasteiger partial charge in [-0.3, -0.25) is 10.1 Å². The Hall–Kier alpha value is -1.35. The van der Waals surface area contributed by atoms with Crippen LogP contribution in [0.15, 0.2) is 24.3 Å². The maximum absolute atomic E-state index is 12.7. The van der Waals surface area contributed by atoms with Crippen molar-refractivity contribution >= 4 is 5.91 Å². The highest BCUT2D eigenvalue weighted by Crippen LogP contribution is 2.38. The summed E-state index contributed by atoms with van der Waals surface area (Å²) in [6, 6.07) is 8.94. The van der Waals surface area contributed by atoms with E-state index in [9.17, 15) is 4.79 Å². The second kappa shape index (κ2) is 5.21. The van der Waals surface area contributed by atoms with E-state index in [0.717, 1.165) is 19.3 Å². The number of nitrogens with zero attached hydrogens (tertiary/aromatic N) is 1. The highest BCUT2D eigenvalue weighted by atomic mass is 16.2. The van der Waals surface area contributed by atoms with Gasteiger partial charge in [-0.1, -0.05) is 50.1 Å². The first kappa shape index (κ1) is 13.6. The molecule has 3 atom stereocenters. The molecule has 0 aromatic heterocycles. The number of benzene rings is 1. The van der Waals surface area contributed by atoms with E-state index >= 15 is 0 Å². The molecule has 1 aliphatic heterocycles. The minimum Gasteiger partial charge on any atom is -0.319 e. The first-order valence-electron chi connectivity index (χ1n) is 7.76. The van der Waals surface area contributed by atoms with E-state index in [1.165, 1.54) is 11.1 Å². The monoisotopic (exact) mass is 272 g/mol. The number of aryl methyl sites for hydroxylation is 1. The van der Waals surface area contributed by atoms with Gasteiger partial charge in [0.15, 0.2) is 0 Å². The molecule has 3 nitrogen and oxygen atoms in total. The molecule has 0 spiro atoms. The molecule has 1 aromatic carbocycles. The number of amides is 1. The quantitative estimate of drug-likeness (QED) is 0.914. The summed E-state index contributed by atoms with van der Waals surface area (Å²) in [6.45, 7) is 6.42. The molecule has 20 heavy (non-hydrogen) atoms. The van der Waals surface area contributed by atoms with E-state index < -0.39 is 0 Å². The third kappa shape index (κ3) is 2.35. The molecule has 108 valence electrons. The molecular formula is C17H24N2O. The Balaban J connectivity index is 1.90. The molecule has 3 rings (SSSR count). The second-order valence-electron chi connectivity index (χ2n) is 6.32. The van der Waals surface area contributed by atoms with E-state index in [-0.39, 0.29) is 12.2 Å².